The smallest absolute Gasteiger partial charge is 0.272 e. The second kappa shape index (κ2) is 7.41. The number of nitrogens with zero attached hydrogens (tertiary/aromatic N) is 3. The highest BCUT2D eigenvalue weighted by Gasteiger charge is 2.28. The molecule has 152 valence electrons. The predicted molar refractivity (Wildman–Crippen MR) is 120 cm³/mol. The molecule has 7 nitrogen and oxygen atoms in total. The quantitative estimate of drug-likeness (QED) is 0.618. The van der Waals surface area contributed by atoms with E-state index in [1.54, 1.807) is 16.7 Å². The summed E-state index contributed by atoms with van der Waals surface area (Å²) in [6, 6.07) is 13.3. The molecule has 0 spiro atoms. The van der Waals surface area contributed by atoms with Crippen LogP contribution in [0.25, 0.3) is 5.57 Å². The molecule has 2 aliphatic heterocycles. The number of anilines is 2. The predicted octanol–water partition coefficient (Wildman–Crippen LogP) is 2.28. The molecule has 1 aromatic heterocycles. The first-order chi connectivity index (χ1) is 14.5. The largest absolute Gasteiger partial charge is 0.494 e. The van der Waals surface area contributed by atoms with Crippen LogP contribution in [0.15, 0.2) is 56.7 Å². The molecule has 0 radical (unpaired) electrons. The Morgan fingerprint density at radius 1 is 1.20 bits per heavy atom. The third-order valence-electron chi connectivity index (χ3n) is 5.02. The van der Waals surface area contributed by atoms with Crippen molar-refractivity contribution in [2.45, 2.75) is 13.6 Å². The maximum absolute atomic E-state index is 13.2. The van der Waals surface area contributed by atoms with E-state index < -0.39 is 0 Å². The summed E-state index contributed by atoms with van der Waals surface area (Å²) in [5.41, 5.74) is 2.52. The Labute approximate surface area is 184 Å². The zero-order valence-electron chi connectivity index (χ0n) is 16.0. The van der Waals surface area contributed by atoms with Crippen molar-refractivity contribution in [2.24, 2.45) is 4.99 Å². The van der Waals surface area contributed by atoms with Crippen molar-refractivity contribution in [3.05, 3.63) is 72.2 Å². The molecule has 30 heavy (non-hydrogen) atoms. The Morgan fingerprint density at radius 3 is 2.77 bits per heavy atom. The summed E-state index contributed by atoms with van der Waals surface area (Å²) in [4.78, 5) is 33.2. The lowest BCUT2D eigenvalue weighted by atomic mass is 10.1. The van der Waals surface area contributed by atoms with Crippen LogP contribution in [0, 0.1) is 0 Å². The van der Waals surface area contributed by atoms with Gasteiger partial charge in [0.1, 0.15) is 23.6 Å². The van der Waals surface area contributed by atoms with E-state index >= 15 is 0 Å². The number of thiazole rings is 1. The molecule has 0 saturated heterocycles. The molecule has 2 aliphatic rings. The number of carbonyl (C=O) groups is 1. The number of aromatic nitrogens is 1. The molecule has 0 aliphatic carbocycles. The molecule has 0 saturated carbocycles. The fourth-order valence-electron chi connectivity index (χ4n) is 3.60. The van der Waals surface area contributed by atoms with E-state index in [1.807, 2.05) is 42.2 Å². The second-order valence-electron chi connectivity index (χ2n) is 6.87. The van der Waals surface area contributed by atoms with Crippen LogP contribution in [0.4, 0.5) is 11.4 Å². The number of nitrogens with one attached hydrogen (secondary N) is 1. The van der Waals surface area contributed by atoms with E-state index in [9.17, 15) is 9.59 Å². The summed E-state index contributed by atoms with van der Waals surface area (Å²) in [5.74, 6) is 0.387. The van der Waals surface area contributed by atoms with Gasteiger partial charge in [-0.05, 0) is 49.4 Å². The highest BCUT2D eigenvalue weighted by Crippen LogP contribution is 2.33. The number of fused-ring (bicyclic) bond motifs is 2. The van der Waals surface area contributed by atoms with Crippen molar-refractivity contribution in [3.63, 3.8) is 0 Å². The van der Waals surface area contributed by atoms with Crippen LogP contribution < -0.4 is 29.8 Å². The van der Waals surface area contributed by atoms with Gasteiger partial charge in [-0.15, -0.1) is 0 Å². The summed E-state index contributed by atoms with van der Waals surface area (Å²) in [5, 5.41) is 2.84. The van der Waals surface area contributed by atoms with Gasteiger partial charge in [-0.2, -0.15) is 0 Å². The van der Waals surface area contributed by atoms with Crippen molar-refractivity contribution in [1.82, 2.24) is 4.57 Å². The van der Waals surface area contributed by atoms with E-state index in [-0.39, 0.29) is 11.5 Å². The summed E-state index contributed by atoms with van der Waals surface area (Å²) >= 11 is 4.69. The SMILES string of the molecule is CCOc1ccc2c(c1)/C(=c1/sc3n(c1=O)CN(c1ccc(Br)cc1)CN=3)C(=O)N2. The first-order valence-electron chi connectivity index (χ1n) is 9.42. The average molecular weight is 485 g/mol. The maximum Gasteiger partial charge on any atom is 0.272 e. The Bertz CT molecular complexity index is 1340. The van der Waals surface area contributed by atoms with Crippen molar-refractivity contribution >= 4 is 50.1 Å². The monoisotopic (exact) mass is 484 g/mol. The molecule has 5 rings (SSSR count). The van der Waals surface area contributed by atoms with Crippen LogP contribution in [0.2, 0.25) is 0 Å². The molecular formula is C21H17BrN4O3S. The van der Waals surface area contributed by atoms with E-state index in [0.717, 1.165) is 10.2 Å². The van der Waals surface area contributed by atoms with Crippen LogP contribution in [0.1, 0.15) is 12.5 Å². The second-order valence-corrected chi connectivity index (χ2v) is 8.77. The average Bonchev–Trinajstić information content (AvgIpc) is 3.24. The molecule has 0 fully saturated rings. The van der Waals surface area contributed by atoms with Gasteiger partial charge in [0.25, 0.3) is 11.5 Å². The van der Waals surface area contributed by atoms with Crippen LogP contribution in [-0.2, 0) is 11.5 Å². The number of hydrogen-bond donors (Lipinski definition) is 1. The van der Waals surface area contributed by atoms with Gasteiger partial charge in [0, 0.05) is 21.4 Å². The lowest BCUT2D eigenvalue weighted by Gasteiger charge is -2.25. The van der Waals surface area contributed by atoms with Gasteiger partial charge in [-0.25, -0.2) is 4.99 Å². The lowest BCUT2D eigenvalue weighted by molar-refractivity contribution is -0.110. The zero-order chi connectivity index (χ0) is 20.8. The molecule has 1 amide bonds. The first kappa shape index (κ1) is 19.1. The fraction of sp³-hybridized carbons (Fsp3) is 0.190. The van der Waals surface area contributed by atoms with Crippen molar-refractivity contribution in [2.75, 3.05) is 23.5 Å². The third-order valence-corrected chi connectivity index (χ3v) is 6.66. The standard InChI is InChI=1S/C21H17BrN4O3S/c1-2-29-14-7-8-16-15(9-14)17(19(27)24-16)18-20(28)26-11-25(10-23-21(26)30-18)13-5-3-12(22)4-6-13/h3-9H,2,10-11H2,1H3,(H,24,27)/b18-17-. The topological polar surface area (TPSA) is 75.9 Å². The number of hydrogen-bond acceptors (Lipinski definition) is 6. The molecule has 3 aromatic rings. The van der Waals surface area contributed by atoms with Gasteiger partial charge in [-0.1, -0.05) is 27.3 Å². The van der Waals surface area contributed by atoms with E-state index in [1.165, 1.54) is 11.3 Å². The molecule has 0 bridgehead atoms. The van der Waals surface area contributed by atoms with Crippen LogP contribution in [0.3, 0.4) is 0 Å². The molecule has 0 atom stereocenters. The van der Waals surface area contributed by atoms with Crippen molar-refractivity contribution in [1.29, 1.82) is 0 Å². The first-order valence-corrected chi connectivity index (χ1v) is 11.0. The van der Waals surface area contributed by atoms with Crippen LogP contribution >= 0.6 is 27.3 Å². The van der Waals surface area contributed by atoms with E-state index in [4.69, 9.17) is 4.74 Å². The Hall–Kier alpha value is -2.91. The van der Waals surface area contributed by atoms with Gasteiger partial charge >= 0.3 is 0 Å². The summed E-state index contributed by atoms with van der Waals surface area (Å²) in [6.45, 7) is 3.26. The molecule has 0 unspecified atom stereocenters. The van der Waals surface area contributed by atoms with Crippen LogP contribution in [0.5, 0.6) is 5.75 Å². The van der Waals surface area contributed by atoms with Gasteiger partial charge in [-0.3, -0.25) is 14.2 Å². The highest BCUT2D eigenvalue weighted by atomic mass is 79.9. The minimum Gasteiger partial charge on any atom is -0.494 e. The van der Waals surface area contributed by atoms with Crippen molar-refractivity contribution in [3.8, 4) is 5.75 Å². The Balaban J connectivity index is 1.62. The number of ether oxygens (including phenoxy) is 1. The minimum absolute atomic E-state index is 0.208. The van der Waals surface area contributed by atoms with Gasteiger partial charge in [0.15, 0.2) is 4.80 Å². The molecular weight excluding hydrogens is 468 g/mol. The molecule has 2 aromatic carbocycles. The fourth-order valence-corrected chi connectivity index (χ4v) is 4.93. The number of halogens is 1. The highest BCUT2D eigenvalue weighted by molar-refractivity contribution is 9.10. The number of benzene rings is 2. The van der Waals surface area contributed by atoms with Gasteiger partial charge < -0.3 is 15.0 Å². The number of rotatable bonds is 3. The summed E-state index contributed by atoms with van der Waals surface area (Å²) < 4.78 is 8.58. The lowest BCUT2D eigenvalue weighted by Crippen LogP contribution is -2.43. The van der Waals surface area contributed by atoms with E-state index in [2.05, 4.69) is 26.2 Å². The van der Waals surface area contributed by atoms with Gasteiger partial charge in [0.2, 0.25) is 0 Å². The van der Waals surface area contributed by atoms with E-state index in [0.29, 0.717) is 51.9 Å². The summed E-state index contributed by atoms with van der Waals surface area (Å²) in [7, 11) is 0. The van der Waals surface area contributed by atoms with Gasteiger partial charge in [0.05, 0.1) is 12.2 Å². The summed E-state index contributed by atoms with van der Waals surface area (Å²) in [6.07, 6.45) is 0. The van der Waals surface area contributed by atoms with Crippen molar-refractivity contribution < 1.29 is 9.53 Å². The Kier molecular flexibility index (Phi) is 4.71. The molecule has 1 N–H and O–H groups in total. The maximum atomic E-state index is 13.2. The number of carbonyl (C=O) groups excluding carboxylic acids is 1. The number of amides is 1. The normalized spacial score (nSPS) is 16.6. The zero-order valence-corrected chi connectivity index (χ0v) is 18.4. The molecule has 9 heteroatoms. The molecule has 3 heterocycles. The Morgan fingerprint density at radius 2 is 2.00 bits per heavy atom. The van der Waals surface area contributed by atoms with Crippen LogP contribution in [-0.4, -0.2) is 23.7 Å². The minimum atomic E-state index is -0.278. The third kappa shape index (κ3) is 3.14.